The number of benzene rings is 1. The molecule has 4 nitrogen and oxygen atoms in total. The average molecular weight is 281 g/mol. The smallest absolute Gasteiger partial charge is 0.256 e. The van der Waals surface area contributed by atoms with Gasteiger partial charge in [-0.25, -0.2) is 0 Å². The summed E-state index contributed by atoms with van der Waals surface area (Å²) >= 11 is 1.38. The van der Waals surface area contributed by atoms with Crippen LogP contribution < -0.4 is 11.1 Å². The second-order valence-electron chi connectivity index (χ2n) is 3.82. The van der Waals surface area contributed by atoms with Gasteiger partial charge in [0.2, 0.25) is 0 Å². The Morgan fingerprint density at radius 2 is 2.20 bits per heavy atom. The summed E-state index contributed by atoms with van der Waals surface area (Å²) in [6.45, 7) is 0.287. The van der Waals surface area contributed by atoms with Crippen molar-refractivity contribution >= 4 is 22.9 Å². The third-order valence-corrected chi connectivity index (χ3v) is 3.32. The monoisotopic (exact) mass is 281 g/mol. The quantitative estimate of drug-likeness (QED) is 0.828. The lowest BCUT2D eigenvalue weighted by atomic mass is 10.2. The Balaban J connectivity index is 2.16. The highest BCUT2D eigenvalue weighted by Crippen LogP contribution is 2.18. The molecule has 1 aromatic heterocycles. The topological polar surface area (TPSA) is 78.9 Å². The number of anilines is 1. The molecule has 0 aliphatic carbocycles. The zero-order valence-corrected chi connectivity index (χ0v) is 11.3. The van der Waals surface area contributed by atoms with E-state index in [2.05, 4.69) is 17.2 Å². The maximum atomic E-state index is 12.1. The summed E-state index contributed by atoms with van der Waals surface area (Å²) in [6.07, 6.45) is 0. The van der Waals surface area contributed by atoms with Crippen LogP contribution in [-0.2, 0) is 0 Å². The van der Waals surface area contributed by atoms with Gasteiger partial charge in [-0.05, 0) is 18.2 Å². The van der Waals surface area contributed by atoms with E-state index in [1.807, 2.05) is 6.07 Å². The van der Waals surface area contributed by atoms with Crippen molar-refractivity contribution in [2.45, 2.75) is 0 Å². The van der Waals surface area contributed by atoms with E-state index < -0.39 is 0 Å². The first-order valence-electron chi connectivity index (χ1n) is 5.82. The molecule has 5 heteroatoms. The Kier molecular flexibility index (Phi) is 4.52. The number of amides is 1. The molecule has 0 atom stereocenters. The molecule has 20 heavy (non-hydrogen) atoms. The summed E-state index contributed by atoms with van der Waals surface area (Å²) < 4.78 is 0. The van der Waals surface area contributed by atoms with Gasteiger partial charge in [0.25, 0.3) is 5.91 Å². The van der Waals surface area contributed by atoms with E-state index in [1.54, 1.807) is 35.7 Å². The third kappa shape index (κ3) is 3.24. The van der Waals surface area contributed by atoms with Crippen LogP contribution in [0, 0.1) is 23.2 Å². The molecule has 0 saturated heterocycles. The summed E-state index contributed by atoms with van der Waals surface area (Å²) in [5, 5.41) is 13.4. The molecule has 0 bridgehead atoms. The number of nitriles is 1. The molecule has 1 heterocycles. The van der Waals surface area contributed by atoms with Gasteiger partial charge in [0.1, 0.15) is 6.07 Å². The van der Waals surface area contributed by atoms with Crippen molar-refractivity contribution in [2.75, 3.05) is 11.9 Å². The van der Waals surface area contributed by atoms with Gasteiger partial charge in [0.05, 0.1) is 28.2 Å². The fourth-order valence-corrected chi connectivity index (χ4v) is 2.30. The SMILES string of the molecule is N#Cc1ccccc1NC(=O)c1csc(C#CCN)c1. The number of nitrogens with two attached hydrogens (primary N) is 1. The molecule has 0 fully saturated rings. The maximum Gasteiger partial charge on any atom is 0.256 e. The van der Waals surface area contributed by atoms with Crippen LogP contribution >= 0.6 is 11.3 Å². The van der Waals surface area contributed by atoms with Crippen molar-refractivity contribution in [1.82, 2.24) is 0 Å². The highest BCUT2D eigenvalue weighted by atomic mass is 32.1. The summed E-state index contributed by atoms with van der Waals surface area (Å²) in [5.41, 5.74) is 6.75. The Bertz CT molecular complexity index is 731. The summed E-state index contributed by atoms with van der Waals surface area (Å²) in [6, 6.07) is 10.6. The standard InChI is InChI=1S/C15H11N3OS/c16-7-3-5-13-8-12(10-20-13)15(19)18-14-6-2-1-4-11(14)9-17/h1-2,4,6,8,10H,7,16H2,(H,18,19). The number of hydrogen-bond donors (Lipinski definition) is 2. The Labute approximate surface area is 120 Å². The normalized spacial score (nSPS) is 9.20. The zero-order chi connectivity index (χ0) is 14.4. The lowest BCUT2D eigenvalue weighted by Crippen LogP contribution is -2.11. The van der Waals surface area contributed by atoms with Crippen molar-refractivity contribution in [1.29, 1.82) is 5.26 Å². The van der Waals surface area contributed by atoms with E-state index in [0.29, 0.717) is 16.8 Å². The zero-order valence-electron chi connectivity index (χ0n) is 10.5. The maximum absolute atomic E-state index is 12.1. The summed E-state index contributed by atoms with van der Waals surface area (Å²) in [7, 11) is 0. The molecule has 0 aliphatic rings. The van der Waals surface area contributed by atoms with Crippen LogP contribution in [-0.4, -0.2) is 12.5 Å². The lowest BCUT2D eigenvalue weighted by molar-refractivity contribution is 0.102. The van der Waals surface area contributed by atoms with Crippen LogP contribution in [0.3, 0.4) is 0 Å². The molecule has 0 unspecified atom stereocenters. The van der Waals surface area contributed by atoms with Gasteiger partial charge in [-0.2, -0.15) is 5.26 Å². The number of nitrogens with zero attached hydrogens (tertiary/aromatic N) is 1. The largest absolute Gasteiger partial charge is 0.321 e. The molecule has 0 aliphatic heterocycles. The molecular formula is C15H11N3OS. The lowest BCUT2D eigenvalue weighted by Gasteiger charge is -2.04. The van der Waals surface area contributed by atoms with Crippen molar-refractivity contribution in [3.63, 3.8) is 0 Å². The van der Waals surface area contributed by atoms with Crippen LogP contribution in [0.2, 0.25) is 0 Å². The second kappa shape index (κ2) is 6.53. The molecular weight excluding hydrogens is 270 g/mol. The van der Waals surface area contributed by atoms with Gasteiger partial charge in [-0.15, -0.1) is 11.3 Å². The van der Waals surface area contributed by atoms with E-state index in [-0.39, 0.29) is 12.5 Å². The predicted molar refractivity (Wildman–Crippen MR) is 79.4 cm³/mol. The molecule has 1 amide bonds. The Morgan fingerprint density at radius 1 is 1.40 bits per heavy atom. The number of carbonyl (C=O) groups excluding carboxylic acids is 1. The minimum absolute atomic E-state index is 0.259. The van der Waals surface area contributed by atoms with E-state index in [9.17, 15) is 4.79 Å². The minimum atomic E-state index is -0.259. The highest BCUT2D eigenvalue weighted by molar-refractivity contribution is 7.10. The van der Waals surface area contributed by atoms with Crippen LogP contribution in [0.4, 0.5) is 5.69 Å². The number of carbonyl (C=O) groups is 1. The fraction of sp³-hybridized carbons (Fsp3) is 0.0667. The molecule has 98 valence electrons. The first-order chi connectivity index (χ1) is 9.74. The van der Waals surface area contributed by atoms with Gasteiger partial charge >= 0.3 is 0 Å². The number of para-hydroxylation sites is 1. The van der Waals surface area contributed by atoms with Gasteiger partial charge < -0.3 is 11.1 Å². The van der Waals surface area contributed by atoms with Gasteiger partial charge in [-0.1, -0.05) is 24.0 Å². The van der Waals surface area contributed by atoms with E-state index in [0.717, 1.165) is 4.88 Å². The van der Waals surface area contributed by atoms with Crippen LogP contribution in [0.15, 0.2) is 35.7 Å². The number of nitrogens with one attached hydrogen (secondary N) is 1. The summed E-state index contributed by atoms with van der Waals surface area (Å²) in [4.78, 5) is 12.9. The third-order valence-electron chi connectivity index (χ3n) is 2.47. The molecule has 1 aromatic carbocycles. The van der Waals surface area contributed by atoms with Crippen LogP contribution in [0.5, 0.6) is 0 Å². The van der Waals surface area contributed by atoms with Crippen molar-refractivity contribution in [3.05, 3.63) is 51.7 Å². The van der Waals surface area contributed by atoms with Crippen molar-refractivity contribution < 1.29 is 4.79 Å². The van der Waals surface area contributed by atoms with Gasteiger partial charge in [-0.3, -0.25) is 4.79 Å². The molecule has 0 saturated carbocycles. The van der Waals surface area contributed by atoms with Crippen molar-refractivity contribution in [2.24, 2.45) is 5.73 Å². The Hall–Kier alpha value is -2.60. The second-order valence-corrected chi connectivity index (χ2v) is 4.73. The van der Waals surface area contributed by atoms with Gasteiger partial charge in [0, 0.05) is 5.38 Å². The number of thiophene rings is 1. The highest BCUT2D eigenvalue weighted by Gasteiger charge is 2.10. The molecule has 3 N–H and O–H groups in total. The minimum Gasteiger partial charge on any atom is -0.321 e. The van der Waals surface area contributed by atoms with Gasteiger partial charge in [0.15, 0.2) is 0 Å². The molecule has 2 rings (SSSR count). The predicted octanol–water partition coefficient (Wildman–Crippen LogP) is 2.18. The molecule has 0 spiro atoms. The molecule has 2 aromatic rings. The average Bonchev–Trinajstić information content (AvgIpc) is 2.94. The van der Waals surface area contributed by atoms with Crippen molar-refractivity contribution in [3.8, 4) is 17.9 Å². The molecule has 0 radical (unpaired) electrons. The Morgan fingerprint density at radius 3 is 2.95 bits per heavy atom. The van der Waals surface area contributed by atoms with E-state index in [1.165, 1.54) is 11.3 Å². The first kappa shape index (κ1) is 13.8. The van der Waals surface area contributed by atoms with E-state index in [4.69, 9.17) is 11.0 Å². The summed E-state index contributed by atoms with van der Waals surface area (Å²) in [5.74, 6) is 5.36. The number of rotatable bonds is 2. The first-order valence-corrected chi connectivity index (χ1v) is 6.70. The van der Waals surface area contributed by atoms with Crippen LogP contribution in [0.25, 0.3) is 0 Å². The van der Waals surface area contributed by atoms with Crippen LogP contribution in [0.1, 0.15) is 20.8 Å². The number of hydrogen-bond acceptors (Lipinski definition) is 4. The fourth-order valence-electron chi connectivity index (χ4n) is 1.54. The van der Waals surface area contributed by atoms with E-state index >= 15 is 0 Å².